The molecular formula is C19H21FN2O3. The fourth-order valence-corrected chi connectivity index (χ4v) is 2.32. The molecule has 0 aliphatic carbocycles. The maximum absolute atomic E-state index is 13.0. The van der Waals surface area contributed by atoms with Crippen molar-refractivity contribution in [2.75, 3.05) is 7.11 Å². The minimum atomic E-state index is -0.640. The first kappa shape index (κ1) is 18.6. The van der Waals surface area contributed by atoms with Crippen molar-refractivity contribution in [3.63, 3.8) is 0 Å². The normalized spacial score (nSPS) is 11.6. The van der Waals surface area contributed by atoms with E-state index in [4.69, 9.17) is 4.74 Å². The molecule has 5 nitrogen and oxygen atoms in total. The minimum absolute atomic E-state index is 0.0454. The van der Waals surface area contributed by atoms with Crippen LogP contribution in [0.4, 0.5) is 4.39 Å². The van der Waals surface area contributed by atoms with Gasteiger partial charge in [-0.25, -0.2) is 4.39 Å². The lowest BCUT2D eigenvalue weighted by molar-refractivity contribution is -0.127. The Balaban J connectivity index is 1.87. The van der Waals surface area contributed by atoms with E-state index in [9.17, 15) is 14.0 Å². The first-order valence-electron chi connectivity index (χ1n) is 7.89. The number of benzene rings is 2. The van der Waals surface area contributed by atoms with Gasteiger partial charge < -0.3 is 15.4 Å². The summed E-state index contributed by atoms with van der Waals surface area (Å²) in [5, 5.41) is 5.32. The number of ether oxygens (including phenoxy) is 1. The highest BCUT2D eigenvalue weighted by molar-refractivity contribution is 5.78. The van der Waals surface area contributed by atoms with E-state index >= 15 is 0 Å². The summed E-state index contributed by atoms with van der Waals surface area (Å²) < 4.78 is 18.0. The summed E-state index contributed by atoms with van der Waals surface area (Å²) in [5.41, 5.74) is 2.84. The quantitative estimate of drug-likeness (QED) is 0.759. The van der Waals surface area contributed by atoms with Crippen molar-refractivity contribution < 1.29 is 18.7 Å². The molecule has 2 aromatic rings. The van der Waals surface area contributed by atoms with Crippen LogP contribution in [0.3, 0.4) is 0 Å². The van der Waals surface area contributed by atoms with Crippen LogP contribution in [0.5, 0.6) is 0 Å². The fourth-order valence-electron chi connectivity index (χ4n) is 2.32. The lowest BCUT2D eigenvalue weighted by atomic mass is 10.0. The molecule has 0 saturated heterocycles. The Hall–Kier alpha value is -2.73. The molecule has 0 aliphatic heterocycles. The number of amides is 2. The van der Waals surface area contributed by atoms with Gasteiger partial charge in [-0.2, -0.15) is 0 Å². The van der Waals surface area contributed by atoms with Gasteiger partial charge in [-0.15, -0.1) is 0 Å². The summed E-state index contributed by atoms with van der Waals surface area (Å²) in [5.74, 6) is -0.740. The second kappa shape index (κ2) is 8.94. The molecule has 2 aromatic carbocycles. The molecule has 25 heavy (non-hydrogen) atoms. The van der Waals surface area contributed by atoms with Crippen LogP contribution in [0, 0.1) is 5.82 Å². The van der Waals surface area contributed by atoms with E-state index in [0.717, 1.165) is 16.7 Å². The van der Waals surface area contributed by atoms with Crippen molar-refractivity contribution in [2.45, 2.75) is 26.1 Å². The summed E-state index contributed by atoms with van der Waals surface area (Å²) >= 11 is 0. The molecule has 2 rings (SSSR count). The first-order chi connectivity index (χ1) is 12.0. The van der Waals surface area contributed by atoms with E-state index in [-0.39, 0.29) is 24.1 Å². The van der Waals surface area contributed by atoms with Crippen molar-refractivity contribution >= 4 is 11.8 Å². The van der Waals surface area contributed by atoms with Gasteiger partial charge in [-0.05, 0) is 28.8 Å². The summed E-state index contributed by atoms with van der Waals surface area (Å²) in [7, 11) is 1.43. The number of halogens is 1. The molecule has 0 bridgehead atoms. The number of rotatable bonds is 7. The summed E-state index contributed by atoms with van der Waals surface area (Å²) in [6, 6.07) is 13.9. The molecule has 0 fully saturated rings. The van der Waals surface area contributed by atoms with Gasteiger partial charge in [0.15, 0.2) is 0 Å². The second-order valence-corrected chi connectivity index (χ2v) is 5.61. The molecule has 132 valence electrons. The Bertz CT molecular complexity index is 714. The highest BCUT2D eigenvalue weighted by Crippen LogP contribution is 2.20. The van der Waals surface area contributed by atoms with E-state index < -0.39 is 6.23 Å². The van der Waals surface area contributed by atoms with Gasteiger partial charge in [0.2, 0.25) is 11.8 Å². The van der Waals surface area contributed by atoms with Crippen LogP contribution in [0.1, 0.15) is 18.9 Å². The highest BCUT2D eigenvalue weighted by Gasteiger charge is 2.13. The molecule has 2 N–H and O–H groups in total. The monoisotopic (exact) mass is 344 g/mol. The third-order valence-corrected chi connectivity index (χ3v) is 3.64. The maximum Gasteiger partial charge on any atom is 0.224 e. The lowest BCUT2D eigenvalue weighted by Crippen LogP contribution is -2.39. The molecule has 0 heterocycles. The van der Waals surface area contributed by atoms with Gasteiger partial charge in [0.1, 0.15) is 12.0 Å². The maximum atomic E-state index is 13.0. The van der Waals surface area contributed by atoms with Crippen molar-refractivity contribution in [1.82, 2.24) is 10.6 Å². The smallest absolute Gasteiger partial charge is 0.224 e. The van der Waals surface area contributed by atoms with Gasteiger partial charge in [-0.3, -0.25) is 9.59 Å². The van der Waals surface area contributed by atoms with Crippen LogP contribution >= 0.6 is 0 Å². The minimum Gasteiger partial charge on any atom is -0.361 e. The molecule has 6 heteroatoms. The Morgan fingerprint density at radius 2 is 1.60 bits per heavy atom. The van der Waals surface area contributed by atoms with Crippen molar-refractivity contribution in [1.29, 1.82) is 0 Å². The summed E-state index contributed by atoms with van der Waals surface area (Å²) in [6.07, 6.45) is -0.595. The van der Waals surface area contributed by atoms with E-state index in [2.05, 4.69) is 10.6 Å². The van der Waals surface area contributed by atoms with E-state index in [1.807, 2.05) is 24.3 Å². The van der Waals surface area contributed by atoms with Gasteiger partial charge >= 0.3 is 0 Å². The van der Waals surface area contributed by atoms with E-state index in [1.54, 1.807) is 12.1 Å². The number of hydrogen-bond donors (Lipinski definition) is 2. The molecule has 0 aliphatic rings. The van der Waals surface area contributed by atoms with Crippen LogP contribution in [-0.4, -0.2) is 25.2 Å². The topological polar surface area (TPSA) is 67.4 Å². The fraction of sp³-hybridized carbons (Fsp3) is 0.263. The number of hydrogen-bond acceptors (Lipinski definition) is 3. The van der Waals surface area contributed by atoms with Gasteiger partial charge in [0.05, 0.1) is 6.42 Å². The third kappa shape index (κ3) is 6.00. The van der Waals surface area contributed by atoms with Crippen molar-refractivity contribution in [2.24, 2.45) is 0 Å². The average Bonchev–Trinajstić information content (AvgIpc) is 2.60. The molecule has 1 atom stereocenters. The number of nitrogens with one attached hydrogen (secondary N) is 2. The average molecular weight is 344 g/mol. The van der Waals surface area contributed by atoms with Crippen LogP contribution in [0.2, 0.25) is 0 Å². The second-order valence-electron chi connectivity index (χ2n) is 5.61. The van der Waals surface area contributed by atoms with Gasteiger partial charge in [0, 0.05) is 20.6 Å². The lowest BCUT2D eigenvalue weighted by Gasteiger charge is -2.15. The number of carbonyl (C=O) groups excluding carboxylic acids is 2. The highest BCUT2D eigenvalue weighted by atomic mass is 19.1. The molecule has 0 saturated carbocycles. The van der Waals surface area contributed by atoms with Gasteiger partial charge in [-0.1, -0.05) is 36.4 Å². The Labute approximate surface area is 146 Å². The molecular weight excluding hydrogens is 323 g/mol. The first-order valence-corrected chi connectivity index (χ1v) is 7.89. The predicted molar refractivity (Wildman–Crippen MR) is 92.9 cm³/mol. The Morgan fingerprint density at radius 1 is 1.04 bits per heavy atom. The molecule has 0 unspecified atom stereocenters. The molecule has 2 amide bonds. The zero-order valence-electron chi connectivity index (χ0n) is 14.2. The van der Waals surface area contributed by atoms with Crippen LogP contribution in [-0.2, 0) is 20.9 Å². The molecule has 0 spiro atoms. The summed E-state index contributed by atoms with van der Waals surface area (Å²) in [6.45, 7) is 1.74. The zero-order valence-corrected chi connectivity index (χ0v) is 14.2. The predicted octanol–water partition coefficient (Wildman–Crippen LogP) is 2.61. The Kier molecular flexibility index (Phi) is 6.65. The van der Waals surface area contributed by atoms with E-state index in [1.165, 1.54) is 26.2 Å². The SMILES string of the molecule is CO[C@H](CC(=O)NCc1ccc(-c2ccc(F)cc2)cc1)NC(C)=O. The van der Waals surface area contributed by atoms with Gasteiger partial charge in [0.25, 0.3) is 0 Å². The van der Waals surface area contributed by atoms with Crippen molar-refractivity contribution in [3.05, 3.63) is 59.9 Å². The Morgan fingerprint density at radius 3 is 2.12 bits per heavy atom. The third-order valence-electron chi connectivity index (χ3n) is 3.64. The van der Waals surface area contributed by atoms with E-state index in [0.29, 0.717) is 6.54 Å². The van der Waals surface area contributed by atoms with Crippen molar-refractivity contribution in [3.8, 4) is 11.1 Å². The summed E-state index contributed by atoms with van der Waals surface area (Å²) in [4.78, 5) is 22.9. The number of carbonyl (C=O) groups is 2. The van der Waals surface area contributed by atoms with Crippen LogP contribution < -0.4 is 10.6 Å². The largest absolute Gasteiger partial charge is 0.361 e. The standard InChI is InChI=1S/C19H21FN2O3/c1-13(23)22-19(25-2)11-18(24)21-12-14-3-5-15(6-4-14)16-7-9-17(20)10-8-16/h3-10,19H,11-12H2,1-2H3,(H,21,24)(H,22,23)/t19-/m1/s1. The van der Waals surface area contributed by atoms with Crippen LogP contribution in [0.15, 0.2) is 48.5 Å². The number of methoxy groups -OCH3 is 1. The van der Waals surface area contributed by atoms with Crippen LogP contribution in [0.25, 0.3) is 11.1 Å². The molecule has 0 aromatic heterocycles. The zero-order chi connectivity index (χ0) is 18.2. The molecule has 0 radical (unpaired) electrons.